The van der Waals surface area contributed by atoms with Crippen molar-refractivity contribution in [1.29, 1.82) is 0 Å². The van der Waals surface area contributed by atoms with Gasteiger partial charge in [0.2, 0.25) is 0 Å². The molecule has 21 heavy (non-hydrogen) atoms. The lowest BCUT2D eigenvalue weighted by Crippen LogP contribution is -2.00. The van der Waals surface area contributed by atoms with Crippen LogP contribution in [-0.4, -0.2) is 19.8 Å². The van der Waals surface area contributed by atoms with E-state index in [9.17, 15) is 17.9 Å². The Bertz CT molecular complexity index is 737. The lowest BCUT2D eigenvalue weighted by molar-refractivity contribution is 0.190. The second-order valence-electron chi connectivity index (χ2n) is 4.67. The van der Waals surface area contributed by atoms with E-state index in [0.29, 0.717) is 5.75 Å². The molecule has 0 saturated heterocycles. The Labute approximate surface area is 122 Å². The summed E-state index contributed by atoms with van der Waals surface area (Å²) in [5.41, 5.74) is 0.0599. The van der Waals surface area contributed by atoms with Gasteiger partial charge in [0, 0.05) is 6.26 Å². The first-order valence-corrected chi connectivity index (χ1v) is 8.12. The quantitative estimate of drug-likeness (QED) is 0.942. The SMILES string of the molecule is CC(O)c1c(F)cccc1Oc1ccc(S(C)(=O)=O)cc1. The fourth-order valence-electron chi connectivity index (χ4n) is 1.89. The first-order valence-electron chi connectivity index (χ1n) is 6.23. The van der Waals surface area contributed by atoms with Crippen molar-refractivity contribution in [2.75, 3.05) is 6.26 Å². The minimum Gasteiger partial charge on any atom is -0.457 e. The number of hydrogen-bond acceptors (Lipinski definition) is 4. The molecule has 0 saturated carbocycles. The van der Waals surface area contributed by atoms with Crippen LogP contribution in [0.5, 0.6) is 11.5 Å². The zero-order valence-corrected chi connectivity index (χ0v) is 12.4. The third-order valence-corrected chi connectivity index (χ3v) is 4.04. The number of rotatable bonds is 4. The first kappa shape index (κ1) is 15.5. The number of hydrogen-bond donors (Lipinski definition) is 1. The largest absolute Gasteiger partial charge is 0.457 e. The predicted molar refractivity (Wildman–Crippen MR) is 76.7 cm³/mol. The topological polar surface area (TPSA) is 63.6 Å². The van der Waals surface area contributed by atoms with Gasteiger partial charge in [-0.1, -0.05) is 6.07 Å². The molecule has 0 aromatic heterocycles. The lowest BCUT2D eigenvalue weighted by atomic mass is 10.1. The normalized spacial score (nSPS) is 13.0. The summed E-state index contributed by atoms with van der Waals surface area (Å²) in [4.78, 5) is 0.171. The van der Waals surface area contributed by atoms with Gasteiger partial charge in [0.25, 0.3) is 0 Å². The average molecular weight is 310 g/mol. The van der Waals surface area contributed by atoms with E-state index in [2.05, 4.69) is 0 Å². The fraction of sp³-hybridized carbons (Fsp3) is 0.200. The maximum atomic E-state index is 13.7. The van der Waals surface area contributed by atoms with Crippen molar-refractivity contribution in [3.05, 3.63) is 53.8 Å². The minimum atomic E-state index is -3.28. The third-order valence-electron chi connectivity index (χ3n) is 2.91. The van der Waals surface area contributed by atoms with Crippen LogP contribution in [-0.2, 0) is 9.84 Å². The van der Waals surface area contributed by atoms with Crippen LogP contribution in [0.1, 0.15) is 18.6 Å². The molecule has 2 rings (SSSR count). The van der Waals surface area contributed by atoms with Gasteiger partial charge in [-0.25, -0.2) is 12.8 Å². The van der Waals surface area contributed by atoms with Crippen molar-refractivity contribution in [2.45, 2.75) is 17.9 Å². The van der Waals surface area contributed by atoms with Crippen molar-refractivity contribution in [3.63, 3.8) is 0 Å². The van der Waals surface area contributed by atoms with Crippen LogP contribution in [0.15, 0.2) is 47.4 Å². The molecule has 0 aliphatic carbocycles. The molecule has 1 N–H and O–H groups in total. The zero-order valence-electron chi connectivity index (χ0n) is 11.6. The van der Waals surface area contributed by atoms with Crippen molar-refractivity contribution in [2.24, 2.45) is 0 Å². The highest BCUT2D eigenvalue weighted by Crippen LogP contribution is 2.31. The molecule has 6 heteroatoms. The van der Waals surface area contributed by atoms with Crippen molar-refractivity contribution >= 4 is 9.84 Å². The molecule has 0 spiro atoms. The highest BCUT2D eigenvalue weighted by Gasteiger charge is 2.15. The summed E-state index contributed by atoms with van der Waals surface area (Å²) in [6, 6.07) is 10.0. The van der Waals surface area contributed by atoms with Gasteiger partial charge < -0.3 is 9.84 Å². The summed E-state index contributed by atoms with van der Waals surface area (Å²) in [6.45, 7) is 1.44. The Balaban J connectivity index is 2.33. The van der Waals surface area contributed by atoms with Crippen molar-refractivity contribution in [1.82, 2.24) is 0 Å². The minimum absolute atomic E-state index is 0.0599. The number of aliphatic hydroxyl groups is 1. The van der Waals surface area contributed by atoms with Crippen LogP contribution < -0.4 is 4.74 Å². The molecule has 0 aliphatic rings. The molecule has 1 atom stereocenters. The maximum absolute atomic E-state index is 13.7. The van der Waals surface area contributed by atoms with Crippen LogP contribution in [0.25, 0.3) is 0 Å². The molecule has 0 aliphatic heterocycles. The average Bonchev–Trinajstić information content (AvgIpc) is 2.38. The van der Waals surface area contributed by atoms with Crippen LogP contribution in [0.3, 0.4) is 0 Å². The fourth-order valence-corrected chi connectivity index (χ4v) is 2.52. The van der Waals surface area contributed by atoms with Gasteiger partial charge in [-0.05, 0) is 43.3 Å². The Kier molecular flexibility index (Phi) is 4.29. The Hall–Kier alpha value is -1.92. The second-order valence-corrected chi connectivity index (χ2v) is 6.69. The summed E-state index contributed by atoms with van der Waals surface area (Å²) >= 11 is 0. The smallest absolute Gasteiger partial charge is 0.175 e. The highest BCUT2D eigenvalue weighted by atomic mass is 32.2. The molecule has 0 heterocycles. The van der Waals surface area contributed by atoms with E-state index < -0.39 is 21.8 Å². The zero-order chi connectivity index (χ0) is 15.6. The molecular formula is C15H15FO4S. The van der Waals surface area contributed by atoms with E-state index >= 15 is 0 Å². The number of halogens is 1. The second kappa shape index (κ2) is 5.83. The van der Waals surface area contributed by atoms with Crippen LogP contribution in [0, 0.1) is 5.82 Å². The van der Waals surface area contributed by atoms with Gasteiger partial charge in [-0.3, -0.25) is 0 Å². The van der Waals surface area contributed by atoms with E-state index in [-0.39, 0.29) is 16.2 Å². The molecule has 2 aromatic carbocycles. The van der Waals surface area contributed by atoms with Crippen LogP contribution in [0.4, 0.5) is 4.39 Å². The van der Waals surface area contributed by atoms with E-state index in [4.69, 9.17) is 4.74 Å². The van der Waals surface area contributed by atoms with Gasteiger partial charge in [-0.15, -0.1) is 0 Å². The summed E-state index contributed by atoms with van der Waals surface area (Å²) in [5, 5.41) is 9.61. The maximum Gasteiger partial charge on any atom is 0.175 e. The van der Waals surface area contributed by atoms with Gasteiger partial charge in [0.1, 0.15) is 17.3 Å². The molecule has 4 nitrogen and oxygen atoms in total. The summed E-state index contributed by atoms with van der Waals surface area (Å²) < 4.78 is 42.0. The van der Waals surface area contributed by atoms with E-state index in [1.165, 1.54) is 49.4 Å². The Morgan fingerprint density at radius 1 is 1.14 bits per heavy atom. The standard InChI is InChI=1S/C15H15FO4S/c1-10(17)15-13(16)4-3-5-14(15)20-11-6-8-12(9-7-11)21(2,18)19/h3-10,17H,1-2H3. The molecule has 0 bridgehead atoms. The lowest BCUT2D eigenvalue weighted by Gasteiger charge is -2.14. The number of ether oxygens (including phenoxy) is 1. The summed E-state index contributed by atoms with van der Waals surface area (Å²) in [5.74, 6) is -0.0118. The number of aliphatic hydroxyl groups excluding tert-OH is 1. The molecule has 0 radical (unpaired) electrons. The molecule has 1 unspecified atom stereocenters. The van der Waals surface area contributed by atoms with Gasteiger partial charge >= 0.3 is 0 Å². The summed E-state index contributed by atoms with van der Waals surface area (Å²) in [7, 11) is -3.28. The monoisotopic (exact) mass is 310 g/mol. The highest BCUT2D eigenvalue weighted by molar-refractivity contribution is 7.90. The van der Waals surface area contributed by atoms with Gasteiger partial charge in [-0.2, -0.15) is 0 Å². The van der Waals surface area contributed by atoms with Crippen molar-refractivity contribution in [3.8, 4) is 11.5 Å². The number of benzene rings is 2. The molecule has 2 aromatic rings. The third kappa shape index (κ3) is 3.59. The Morgan fingerprint density at radius 3 is 2.29 bits per heavy atom. The van der Waals surface area contributed by atoms with Crippen molar-refractivity contribution < 1.29 is 22.7 Å². The number of sulfone groups is 1. The van der Waals surface area contributed by atoms with Crippen LogP contribution in [0.2, 0.25) is 0 Å². The Morgan fingerprint density at radius 2 is 1.76 bits per heavy atom. The van der Waals surface area contributed by atoms with E-state index in [1.54, 1.807) is 0 Å². The van der Waals surface area contributed by atoms with Gasteiger partial charge in [0.05, 0.1) is 16.6 Å². The molecule has 0 amide bonds. The van der Waals surface area contributed by atoms with Crippen LogP contribution >= 0.6 is 0 Å². The van der Waals surface area contributed by atoms with E-state index in [0.717, 1.165) is 6.26 Å². The predicted octanol–water partition coefficient (Wildman–Crippen LogP) is 3.07. The summed E-state index contributed by atoms with van der Waals surface area (Å²) in [6.07, 6.45) is 0.0949. The molecular weight excluding hydrogens is 295 g/mol. The molecule has 0 fully saturated rings. The van der Waals surface area contributed by atoms with Gasteiger partial charge in [0.15, 0.2) is 9.84 Å². The molecule has 112 valence electrons. The first-order chi connectivity index (χ1) is 9.79. The van der Waals surface area contributed by atoms with E-state index in [1.807, 2.05) is 0 Å².